The molecule has 0 radical (unpaired) electrons. The Kier molecular flexibility index (Phi) is 3.68. The van der Waals surface area contributed by atoms with Crippen molar-refractivity contribution in [1.29, 1.82) is 0 Å². The van der Waals surface area contributed by atoms with Gasteiger partial charge in [0.25, 0.3) is 0 Å². The summed E-state index contributed by atoms with van der Waals surface area (Å²) in [6, 6.07) is 3.07. The smallest absolute Gasteiger partial charge is 0.0951 e. The minimum Gasteiger partial charge on any atom is -0.330 e. The maximum absolute atomic E-state index is 6.00. The number of imidazole rings is 1. The van der Waals surface area contributed by atoms with E-state index in [9.17, 15) is 0 Å². The van der Waals surface area contributed by atoms with E-state index in [1.54, 1.807) is 11.3 Å². The van der Waals surface area contributed by atoms with Gasteiger partial charge in [-0.1, -0.05) is 0 Å². The highest BCUT2D eigenvalue weighted by molar-refractivity contribution is 7.07. The van der Waals surface area contributed by atoms with Crippen LogP contribution < -0.4 is 5.73 Å². The Balaban J connectivity index is 1.77. The molecule has 2 heterocycles. The molecule has 2 aromatic rings. The van der Waals surface area contributed by atoms with Crippen LogP contribution in [0.5, 0.6) is 0 Å². The molecule has 0 aromatic carbocycles. The zero-order valence-corrected chi connectivity index (χ0v) is 12.0. The topological polar surface area (TPSA) is 47.1 Å². The van der Waals surface area contributed by atoms with E-state index < -0.39 is 0 Å². The Hall–Kier alpha value is -1.17. The van der Waals surface area contributed by atoms with Crippen molar-refractivity contribution in [2.75, 3.05) is 13.6 Å². The molecule has 0 bridgehead atoms. The Labute approximate surface area is 117 Å². The van der Waals surface area contributed by atoms with Gasteiger partial charge < -0.3 is 10.3 Å². The van der Waals surface area contributed by atoms with Crippen molar-refractivity contribution < 1.29 is 0 Å². The third-order valence-corrected chi connectivity index (χ3v) is 4.48. The molecule has 0 aliphatic heterocycles. The van der Waals surface area contributed by atoms with Crippen LogP contribution in [0.4, 0.5) is 0 Å². The van der Waals surface area contributed by atoms with Crippen LogP contribution in [-0.2, 0) is 6.54 Å². The predicted molar refractivity (Wildman–Crippen MR) is 78.1 cm³/mol. The maximum Gasteiger partial charge on any atom is 0.0951 e. The van der Waals surface area contributed by atoms with Crippen LogP contribution in [0.2, 0.25) is 0 Å². The van der Waals surface area contributed by atoms with Crippen LogP contribution in [0.15, 0.2) is 29.4 Å². The summed E-state index contributed by atoms with van der Waals surface area (Å²) in [6.45, 7) is 1.56. The lowest BCUT2D eigenvalue weighted by molar-refractivity contribution is 0.232. The average molecular weight is 276 g/mol. The highest BCUT2D eigenvalue weighted by atomic mass is 32.1. The third-order valence-electron chi connectivity index (χ3n) is 3.75. The first-order valence-corrected chi connectivity index (χ1v) is 7.67. The predicted octanol–water partition coefficient (Wildman–Crippen LogP) is 2.41. The largest absolute Gasteiger partial charge is 0.330 e. The molecule has 102 valence electrons. The molecule has 5 heteroatoms. The van der Waals surface area contributed by atoms with Gasteiger partial charge in [0, 0.05) is 25.3 Å². The molecule has 19 heavy (non-hydrogen) atoms. The van der Waals surface area contributed by atoms with Crippen LogP contribution >= 0.6 is 11.3 Å². The fraction of sp³-hybridized carbons (Fsp3) is 0.500. The van der Waals surface area contributed by atoms with E-state index in [1.807, 2.05) is 12.5 Å². The van der Waals surface area contributed by atoms with Gasteiger partial charge in [-0.2, -0.15) is 11.3 Å². The van der Waals surface area contributed by atoms with Crippen LogP contribution in [-0.4, -0.2) is 28.0 Å². The molecular weight excluding hydrogens is 256 g/mol. The van der Waals surface area contributed by atoms with Crippen LogP contribution in [0.3, 0.4) is 0 Å². The van der Waals surface area contributed by atoms with Crippen molar-refractivity contribution in [2.45, 2.75) is 31.5 Å². The molecule has 1 unspecified atom stereocenters. The van der Waals surface area contributed by atoms with Crippen molar-refractivity contribution in [1.82, 2.24) is 14.5 Å². The standard InChI is InChI=1S/C14H20N4S/c1-17(8-11-4-5-19-9-11)13(6-15)14-7-16-10-18(14)12-2-3-12/h4-5,7,9-10,12-13H,2-3,6,8,15H2,1H3. The number of nitrogens with zero attached hydrogens (tertiary/aromatic N) is 3. The molecule has 1 aliphatic carbocycles. The number of nitrogens with two attached hydrogens (primary N) is 1. The van der Waals surface area contributed by atoms with Gasteiger partial charge in [0.2, 0.25) is 0 Å². The highest BCUT2D eigenvalue weighted by Gasteiger charge is 2.28. The molecule has 0 spiro atoms. The maximum atomic E-state index is 6.00. The number of thiophene rings is 1. The Morgan fingerprint density at radius 3 is 3.05 bits per heavy atom. The number of hydrogen-bond acceptors (Lipinski definition) is 4. The van der Waals surface area contributed by atoms with Gasteiger partial charge >= 0.3 is 0 Å². The minimum atomic E-state index is 0.239. The molecule has 1 aliphatic rings. The molecule has 1 atom stereocenters. The van der Waals surface area contributed by atoms with Gasteiger partial charge in [-0.3, -0.25) is 4.90 Å². The summed E-state index contributed by atoms with van der Waals surface area (Å²) in [5.41, 5.74) is 8.61. The van der Waals surface area contributed by atoms with Crippen molar-refractivity contribution in [3.05, 3.63) is 40.6 Å². The average Bonchev–Trinajstić information content (AvgIpc) is 2.91. The number of likely N-dealkylation sites (N-methyl/N-ethyl adjacent to an activating group) is 1. The summed E-state index contributed by atoms with van der Waals surface area (Å²) in [7, 11) is 2.14. The first-order valence-electron chi connectivity index (χ1n) is 6.72. The lowest BCUT2D eigenvalue weighted by atomic mass is 10.1. The van der Waals surface area contributed by atoms with Crippen molar-refractivity contribution in [2.24, 2.45) is 5.73 Å². The van der Waals surface area contributed by atoms with Crippen LogP contribution in [0.25, 0.3) is 0 Å². The summed E-state index contributed by atoms with van der Waals surface area (Å²) in [6.07, 6.45) is 6.47. The molecular formula is C14H20N4S. The molecule has 1 fully saturated rings. The summed E-state index contributed by atoms with van der Waals surface area (Å²) in [4.78, 5) is 6.63. The SMILES string of the molecule is CN(Cc1ccsc1)C(CN)c1cncn1C1CC1. The normalized spacial score (nSPS) is 17.0. The first kappa shape index (κ1) is 12.8. The summed E-state index contributed by atoms with van der Waals surface area (Å²) in [5.74, 6) is 0. The molecule has 2 aromatic heterocycles. The van der Waals surface area contributed by atoms with Crippen LogP contribution in [0.1, 0.15) is 36.2 Å². The van der Waals surface area contributed by atoms with Crippen molar-refractivity contribution in [3.8, 4) is 0 Å². The van der Waals surface area contributed by atoms with Crippen molar-refractivity contribution in [3.63, 3.8) is 0 Å². The zero-order valence-electron chi connectivity index (χ0n) is 11.2. The number of rotatable bonds is 6. The summed E-state index contributed by atoms with van der Waals surface area (Å²) in [5, 5.41) is 4.32. The van der Waals surface area contributed by atoms with Gasteiger partial charge in [0.15, 0.2) is 0 Å². The molecule has 3 rings (SSSR count). The second-order valence-corrected chi connectivity index (χ2v) is 6.04. The number of hydrogen-bond donors (Lipinski definition) is 1. The monoisotopic (exact) mass is 276 g/mol. The van der Waals surface area contributed by atoms with E-state index in [2.05, 4.69) is 38.3 Å². The Bertz CT molecular complexity index is 515. The second kappa shape index (κ2) is 5.45. The van der Waals surface area contributed by atoms with Gasteiger partial charge in [-0.25, -0.2) is 4.98 Å². The van der Waals surface area contributed by atoms with Gasteiger partial charge in [-0.15, -0.1) is 0 Å². The Morgan fingerprint density at radius 2 is 2.42 bits per heavy atom. The van der Waals surface area contributed by atoms with E-state index in [1.165, 1.54) is 24.1 Å². The molecule has 2 N–H and O–H groups in total. The lowest BCUT2D eigenvalue weighted by Gasteiger charge is -2.27. The zero-order chi connectivity index (χ0) is 13.2. The van der Waals surface area contributed by atoms with E-state index in [0.29, 0.717) is 12.6 Å². The third kappa shape index (κ3) is 2.73. The fourth-order valence-electron chi connectivity index (χ4n) is 2.54. The van der Waals surface area contributed by atoms with Gasteiger partial charge in [0.1, 0.15) is 0 Å². The summed E-state index contributed by atoms with van der Waals surface area (Å²) < 4.78 is 2.31. The van der Waals surface area contributed by atoms with E-state index in [-0.39, 0.29) is 6.04 Å². The van der Waals surface area contributed by atoms with Crippen molar-refractivity contribution >= 4 is 11.3 Å². The first-order chi connectivity index (χ1) is 9.29. The quantitative estimate of drug-likeness (QED) is 0.881. The molecule has 4 nitrogen and oxygen atoms in total. The van der Waals surface area contributed by atoms with E-state index in [4.69, 9.17) is 5.73 Å². The Morgan fingerprint density at radius 1 is 1.58 bits per heavy atom. The molecule has 0 saturated heterocycles. The molecule has 1 saturated carbocycles. The van der Waals surface area contributed by atoms with Gasteiger partial charge in [-0.05, 0) is 42.3 Å². The number of aromatic nitrogens is 2. The highest BCUT2D eigenvalue weighted by Crippen LogP contribution is 2.37. The minimum absolute atomic E-state index is 0.239. The van der Waals surface area contributed by atoms with Crippen LogP contribution in [0, 0.1) is 0 Å². The molecule has 0 amide bonds. The lowest BCUT2D eigenvalue weighted by Crippen LogP contribution is -2.31. The van der Waals surface area contributed by atoms with E-state index in [0.717, 1.165) is 6.54 Å². The fourth-order valence-corrected chi connectivity index (χ4v) is 3.20. The van der Waals surface area contributed by atoms with E-state index >= 15 is 0 Å². The van der Waals surface area contributed by atoms with Gasteiger partial charge in [0.05, 0.1) is 18.1 Å². The second-order valence-electron chi connectivity index (χ2n) is 5.26. The summed E-state index contributed by atoms with van der Waals surface area (Å²) >= 11 is 1.74.